The Balaban J connectivity index is 0. The summed E-state index contributed by atoms with van der Waals surface area (Å²) < 4.78 is 0. The third-order valence-corrected chi connectivity index (χ3v) is 1.01. The molecule has 0 bridgehead atoms. The van der Waals surface area contributed by atoms with E-state index >= 15 is 0 Å². The topological polar surface area (TPSA) is 0 Å². The molecule has 0 heteroatoms. The summed E-state index contributed by atoms with van der Waals surface area (Å²) in [5, 5.41) is 0. The van der Waals surface area contributed by atoms with Crippen molar-refractivity contribution in [3.8, 4) is 0 Å². The first-order valence-corrected chi connectivity index (χ1v) is 4.45. The van der Waals surface area contributed by atoms with Crippen LogP contribution in [0.1, 0.15) is 41.0 Å². The van der Waals surface area contributed by atoms with E-state index in [-0.39, 0.29) is 0 Å². The molecule has 0 aliphatic carbocycles. The molecule has 0 radical (unpaired) electrons. The number of hydrogen-bond donors (Lipinski definition) is 0. The smallest absolute Gasteiger partial charge is 0.0324 e. The van der Waals surface area contributed by atoms with Crippen LogP contribution in [0.5, 0.6) is 0 Å². The fourth-order valence-corrected chi connectivity index (χ4v) is 0.541. The molecule has 0 aromatic carbocycles. The zero-order valence-corrected chi connectivity index (χ0v) is 8.65. The molecule has 0 unspecified atom stereocenters. The summed E-state index contributed by atoms with van der Waals surface area (Å²) in [5.41, 5.74) is 1.13. The van der Waals surface area contributed by atoms with E-state index in [9.17, 15) is 0 Å². The van der Waals surface area contributed by atoms with Crippen molar-refractivity contribution in [2.24, 2.45) is 5.92 Å². The van der Waals surface area contributed by atoms with E-state index in [2.05, 4.69) is 32.6 Å². The first-order chi connectivity index (χ1) is 5.13. The van der Waals surface area contributed by atoms with Gasteiger partial charge in [-0.05, 0) is 19.3 Å². The highest BCUT2D eigenvalue weighted by Gasteiger charge is 1.85. The van der Waals surface area contributed by atoms with Gasteiger partial charge in [0.1, 0.15) is 0 Å². The Morgan fingerprint density at radius 2 is 1.82 bits per heavy atom. The molecule has 0 amide bonds. The molecule has 0 aliphatic rings. The SMILES string of the molecule is C=C(C)/C=C\CC(C)C.CC. The van der Waals surface area contributed by atoms with Crippen LogP contribution < -0.4 is 0 Å². The van der Waals surface area contributed by atoms with Gasteiger partial charge in [-0.1, -0.05) is 52.0 Å². The fraction of sp³-hybridized carbons (Fsp3) is 0.636. The van der Waals surface area contributed by atoms with Gasteiger partial charge >= 0.3 is 0 Å². The van der Waals surface area contributed by atoms with E-state index < -0.39 is 0 Å². The van der Waals surface area contributed by atoms with Gasteiger partial charge in [-0.3, -0.25) is 0 Å². The van der Waals surface area contributed by atoms with Gasteiger partial charge in [-0.15, -0.1) is 0 Å². The Kier molecular flexibility index (Phi) is 11.3. The molecule has 0 spiro atoms. The van der Waals surface area contributed by atoms with E-state index in [1.165, 1.54) is 0 Å². The highest BCUT2D eigenvalue weighted by molar-refractivity contribution is 5.10. The highest BCUT2D eigenvalue weighted by Crippen LogP contribution is 2.01. The van der Waals surface area contributed by atoms with Crippen molar-refractivity contribution in [1.29, 1.82) is 0 Å². The van der Waals surface area contributed by atoms with E-state index in [0.29, 0.717) is 0 Å². The third-order valence-electron chi connectivity index (χ3n) is 1.01. The molecule has 0 atom stereocenters. The van der Waals surface area contributed by atoms with Crippen LogP contribution in [-0.4, -0.2) is 0 Å². The van der Waals surface area contributed by atoms with Crippen molar-refractivity contribution in [1.82, 2.24) is 0 Å². The zero-order valence-electron chi connectivity index (χ0n) is 8.65. The van der Waals surface area contributed by atoms with E-state index in [4.69, 9.17) is 0 Å². The summed E-state index contributed by atoms with van der Waals surface area (Å²) >= 11 is 0. The van der Waals surface area contributed by atoms with Crippen molar-refractivity contribution in [3.05, 3.63) is 24.3 Å². The second-order valence-electron chi connectivity index (χ2n) is 2.88. The summed E-state index contributed by atoms with van der Waals surface area (Å²) in [6, 6.07) is 0. The molecule has 0 heterocycles. The molecule has 0 fully saturated rings. The Morgan fingerprint density at radius 3 is 2.09 bits per heavy atom. The maximum atomic E-state index is 3.77. The predicted octanol–water partition coefficient (Wildman–Crippen LogP) is 4.19. The van der Waals surface area contributed by atoms with Crippen molar-refractivity contribution < 1.29 is 0 Å². The van der Waals surface area contributed by atoms with Crippen LogP contribution in [0.3, 0.4) is 0 Å². The molecule has 0 nitrogen and oxygen atoms in total. The maximum Gasteiger partial charge on any atom is -0.0324 e. The maximum absolute atomic E-state index is 3.77. The van der Waals surface area contributed by atoms with Gasteiger partial charge in [-0.2, -0.15) is 0 Å². The minimum Gasteiger partial charge on any atom is -0.0961 e. The number of hydrogen-bond acceptors (Lipinski definition) is 0. The second-order valence-corrected chi connectivity index (χ2v) is 2.88. The lowest BCUT2D eigenvalue weighted by Crippen LogP contribution is -1.80. The predicted molar refractivity (Wildman–Crippen MR) is 54.8 cm³/mol. The van der Waals surface area contributed by atoms with Gasteiger partial charge in [-0.25, -0.2) is 0 Å². The van der Waals surface area contributed by atoms with Gasteiger partial charge in [0.15, 0.2) is 0 Å². The lowest BCUT2D eigenvalue weighted by Gasteiger charge is -1.95. The molecule has 0 N–H and O–H groups in total. The van der Waals surface area contributed by atoms with Crippen LogP contribution in [-0.2, 0) is 0 Å². The highest BCUT2D eigenvalue weighted by atomic mass is 13.9. The molecular weight excluding hydrogens is 132 g/mol. The lowest BCUT2D eigenvalue weighted by atomic mass is 10.1. The van der Waals surface area contributed by atoms with Gasteiger partial charge in [0.25, 0.3) is 0 Å². The van der Waals surface area contributed by atoms with Crippen LogP contribution in [0.15, 0.2) is 24.3 Å². The Morgan fingerprint density at radius 1 is 1.36 bits per heavy atom. The first kappa shape index (κ1) is 13.1. The van der Waals surface area contributed by atoms with Crippen molar-refractivity contribution in [2.75, 3.05) is 0 Å². The van der Waals surface area contributed by atoms with Gasteiger partial charge in [0, 0.05) is 0 Å². The average molecular weight is 154 g/mol. The fourth-order valence-electron chi connectivity index (χ4n) is 0.541. The Hall–Kier alpha value is -0.520. The summed E-state index contributed by atoms with van der Waals surface area (Å²) in [5.74, 6) is 0.764. The standard InChI is InChI=1S/C9H16.C2H6/c1-8(2)6-5-7-9(3)4;1-2/h5-6,9H,1,7H2,2-4H3;1-2H3/b6-5-;. The van der Waals surface area contributed by atoms with Crippen molar-refractivity contribution >= 4 is 0 Å². The molecule has 0 aromatic heterocycles. The summed E-state index contributed by atoms with van der Waals surface area (Å²) in [7, 11) is 0. The molecular formula is C11H22. The molecule has 0 saturated heterocycles. The summed E-state index contributed by atoms with van der Waals surface area (Å²) in [6.45, 7) is 14.2. The third kappa shape index (κ3) is 17.7. The largest absolute Gasteiger partial charge is 0.0961 e. The second kappa shape index (κ2) is 9.48. The van der Waals surface area contributed by atoms with E-state index in [1.54, 1.807) is 0 Å². The molecule has 0 rings (SSSR count). The quantitative estimate of drug-likeness (QED) is 0.535. The van der Waals surface area contributed by atoms with Crippen molar-refractivity contribution in [3.63, 3.8) is 0 Å². The molecule has 0 saturated carbocycles. The average Bonchev–Trinajstić information content (AvgIpc) is 1.90. The summed E-state index contributed by atoms with van der Waals surface area (Å²) in [4.78, 5) is 0. The van der Waals surface area contributed by atoms with E-state index in [0.717, 1.165) is 17.9 Å². The first-order valence-electron chi connectivity index (χ1n) is 4.45. The molecule has 0 aliphatic heterocycles. The van der Waals surface area contributed by atoms with Crippen LogP contribution in [0.25, 0.3) is 0 Å². The zero-order chi connectivity index (χ0) is 9.28. The monoisotopic (exact) mass is 154 g/mol. The summed E-state index contributed by atoms with van der Waals surface area (Å²) in [6.07, 6.45) is 5.40. The number of rotatable bonds is 3. The lowest BCUT2D eigenvalue weighted by molar-refractivity contribution is 0.663. The van der Waals surface area contributed by atoms with E-state index in [1.807, 2.05) is 20.8 Å². The van der Waals surface area contributed by atoms with Crippen LogP contribution >= 0.6 is 0 Å². The van der Waals surface area contributed by atoms with Crippen LogP contribution in [0.4, 0.5) is 0 Å². The normalized spacial score (nSPS) is 9.64. The molecule has 66 valence electrons. The van der Waals surface area contributed by atoms with Gasteiger partial charge in [0.2, 0.25) is 0 Å². The Bertz CT molecular complexity index is 107. The van der Waals surface area contributed by atoms with Crippen LogP contribution in [0, 0.1) is 5.92 Å². The minimum atomic E-state index is 0.764. The Labute approximate surface area is 72.0 Å². The van der Waals surface area contributed by atoms with Gasteiger partial charge < -0.3 is 0 Å². The molecule has 11 heavy (non-hydrogen) atoms. The van der Waals surface area contributed by atoms with Crippen molar-refractivity contribution in [2.45, 2.75) is 41.0 Å². The minimum absolute atomic E-state index is 0.764. The van der Waals surface area contributed by atoms with Gasteiger partial charge in [0.05, 0.1) is 0 Å². The van der Waals surface area contributed by atoms with Crippen LogP contribution in [0.2, 0.25) is 0 Å². The number of allylic oxidation sites excluding steroid dienone is 3. The molecule has 0 aromatic rings.